The van der Waals surface area contributed by atoms with Gasteiger partial charge >= 0.3 is 6.18 Å². The summed E-state index contributed by atoms with van der Waals surface area (Å²) in [5.74, 6) is 0.667. The van der Waals surface area contributed by atoms with E-state index in [9.17, 15) is 13.2 Å². The van der Waals surface area contributed by atoms with Crippen LogP contribution in [0.2, 0.25) is 0 Å². The van der Waals surface area contributed by atoms with Gasteiger partial charge in [0, 0.05) is 6.04 Å². The van der Waals surface area contributed by atoms with Crippen molar-refractivity contribution in [1.82, 2.24) is 4.90 Å². The van der Waals surface area contributed by atoms with Crippen LogP contribution in [0.1, 0.15) is 82.4 Å². The van der Waals surface area contributed by atoms with Crippen molar-refractivity contribution in [2.24, 2.45) is 5.92 Å². The maximum atomic E-state index is 14.2. The van der Waals surface area contributed by atoms with Crippen LogP contribution in [0.15, 0.2) is 30.3 Å². The average molecular weight is 434 g/mol. The van der Waals surface area contributed by atoms with Crippen molar-refractivity contribution >= 4 is 10.8 Å². The standard InChI is InChI=1S/C26H34F3NO/c1-3-19-7-12-22(13-8-19)31-24-14-11-20-9-10-21(17-23(20)25(24)26(27,28)29)18(2)30-15-5-4-6-16-30/h9-11,14,17-19,22H,3-8,12-13,15-16H2,1-2H3/t18-,19?,22?/m1/s1. The molecule has 2 aromatic carbocycles. The Hall–Kier alpha value is -1.75. The summed E-state index contributed by atoms with van der Waals surface area (Å²) >= 11 is 0. The molecule has 1 saturated carbocycles. The molecule has 0 N–H and O–H groups in total. The second-order valence-corrected chi connectivity index (χ2v) is 9.36. The van der Waals surface area contributed by atoms with Crippen LogP contribution in [0.25, 0.3) is 10.8 Å². The molecule has 170 valence electrons. The van der Waals surface area contributed by atoms with Crippen molar-refractivity contribution in [3.05, 3.63) is 41.5 Å². The second-order valence-electron chi connectivity index (χ2n) is 9.36. The Labute approximate surface area is 183 Å². The zero-order chi connectivity index (χ0) is 22.0. The molecule has 2 aromatic rings. The van der Waals surface area contributed by atoms with Gasteiger partial charge in [-0.1, -0.05) is 38.0 Å². The Bertz CT molecular complexity index is 880. The summed E-state index contributed by atoms with van der Waals surface area (Å²) in [5, 5.41) is 0.873. The van der Waals surface area contributed by atoms with Gasteiger partial charge < -0.3 is 4.74 Å². The molecule has 2 aliphatic rings. The molecule has 1 aliphatic heterocycles. The number of ether oxygens (including phenoxy) is 1. The largest absolute Gasteiger partial charge is 0.490 e. The minimum Gasteiger partial charge on any atom is -0.490 e. The van der Waals surface area contributed by atoms with Gasteiger partial charge in [0.2, 0.25) is 0 Å². The highest BCUT2D eigenvalue weighted by atomic mass is 19.4. The average Bonchev–Trinajstić information content (AvgIpc) is 2.78. The normalized spacial score (nSPS) is 24.3. The number of piperidine rings is 1. The molecule has 2 fully saturated rings. The quantitative estimate of drug-likeness (QED) is 0.478. The number of hydrogen-bond acceptors (Lipinski definition) is 2. The smallest absolute Gasteiger partial charge is 0.420 e. The predicted molar refractivity (Wildman–Crippen MR) is 119 cm³/mol. The molecular weight excluding hydrogens is 399 g/mol. The van der Waals surface area contributed by atoms with Crippen molar-refractivity contribution in [2.45, 2.75) is 83.5 Å². The molecule has 0 bridgehead atoms. The Morgan fingerprint density at radius 2 is 1.68 bits per heavy atom. The molecular formula is C26H34F3NO. The number of rotatable bonds is 5. The third kappa shape index (κ3) is 5.02. The van der Waals surface area contributed by atoms with Crippen LogP contribution in [-0.2, 0) is 6.18 Å². The summed E-state index contributed by atoms with van der Waals surface area (Å²) in [5.41, 5.74) is 0.329. The van der Waals surface area contributed by atoms with Gasteiger partial charge in [-0.25, -0.2) is 0 Å². The van der Waals surface area contributed by atoms with Crippen LogP contribution in [0.5, 0.6) is 5.75 Å². The molecule has 1 saturated heterocycles. The number of halogens is 3. The first-order valence-electron chi connectivity index (χ1n) is 11.9. The van der Waals surface area contributed by atoms with E-state index in [1.165, 1.54) is 12.5 Å². The zero-order valence-corrected chi connectivity index (χ0v) is 18.7. The van der Waals surface area contributed by atoms with E-state index in [-0.39, 0.29) is 23.3 Å². The molecule has 0 spiro atoms. The van der Waals surface area contributed by atoms with Crippen molar-refractivity contribution in [1.29, 1.82) is 0 Å². The zero-order valence-electron chi connectivity index (χ0n) is 18.7. The minimum atomic E-state index is -4.46. The number of likely N-dealkylation sites (tertiary alicyclic amines) is 1. The van der Waals surface area contributed by atoms with Crippen molar-refractivity contribution in [3.63, 3.8) is 0 Å². The third-order valence-electron chi connectivity index (χ3n) is 7.38. The number of benzene rings is 2. The summed E-state index contributed by atoms with van der Waals surface area (Å²) in [4.78, 5) is 2.38. The molecule has 1 aliphatic carbocycles. The molecule has 4 rings (SSSR count). The van der Waals surface area contributed by atoms with Gasteiger partial charge in [-0.3, -0.25) is 4.90 Å². The maximum Gasteiger partial charge on any atom is 0.420 e. The molecule has 0 amide bonds. The lowest BCUT2D eigenvalue weighted by Gasteiger charge is -2.33. The van der Waals surface area contributed by atoms with E-state index in [2.05, 4.69) is 18.7 Å². The molecule has 2 nitrogen and oxygen atoms in total. The van der Waals surface area contributed by atoms with Crippen LogP contribution >= 0.6 is 0 Å². The summed E-state index contributed by atoms with van der Waals surface area (Å²) in [6.45, 7) is 6.30. The molecule has 31 heavy (non-hydrogen) atoms. The van der Waals surface area contributed by atoms with Crippen molar-refractivity contribution < 1.29 is 17.9 Å². The van der Waals surface area contributed by atoms with Crippen LogP contribution in [0.4, 0.5) is 13.2 Å². The fraction of sp³-hybridized carbons (Fsp3) is 0.615. The fourth-order valence-electron chi connectivity index (χ4n) is 5.32. The van der Waals surface area contributed by atoms with Crippen molar-refractivity contribution in [3.8, 4) is 5.75 Å². The van der Waals surface area contributed by atoms with Crippen LogP contribution < -0.4 is 4.74 Å². The molecule has 0 unspecified atom stereocenters. The highest BCUT2D eigenvalue weighted by molar-refractivity contribution is 5.89. The minimum absolute atomic E-state index is 0.0114. The monoisotopic (exact) mass is 433 g/mol. The van der Waals surface area contributed by atoms with Gasteiger partial charge in [0.25, 0.3) is 0 Å². The van der Waals surface area contributed by atoms with E-state index in [1.807, 2.05) is 12.1 Å². The summed E-state index contributed by atoms with van der Waals surface area (Å²) < 4.78 is 48.7. The Morgan fingerprint density at radius 1 is 1.00 bits per heavy atom. The fourth-order valence-corrected chi connectivity index (χ4v) is 5.32. The van der Waals surface area contributed by atoms with Crippen LogP contribution in [0.3, 0.4) is 0 Å². The van der Waals surface area contributed by atoms with Gasteiger partial charge in [-0.15, -0.1) is 0 Å². The molecule has 1 atom stereocenters. The van der Waals surface area contributed by atoms with E-state index in [4.69, 9.17) is 4.74 Å². The van der Waals surface area contributed by atoms with E-state index in [0.717, 1.165) is 63.6 Å². The first kappa shape index (κ1) is 22.4. The summed E-state index contributed by atoms with van der Waals surface area (Å²) in [6.07, 6.45) is 3.84. The lowest BCUT2D eigenvalue weighted by molar-refractivity contribution is -0.138. The van der Waals surface area contributed by atoms with Crippen LogP contribution in [-0.4, -0.2) is 24.1 Å². The van der Waals surface area contributed by atoms with Gasteiger partial charge in [0.15, 0.2) is 0 Å². The van der Waals surface area contributed by atoms with E-state index >= 15 is 0 Å². The van der Waals surface area contributed by atoms with Gasteiger partial charge in [-0.05, 0) is 92.9 Å². The van der Waals surface area contributed by atoms with Crippen molar-refractivity contribution in [2.75, 3.05) is 13.1 Å². The first-order valence-corrected chi connectivity index (χ1v) is 11.9. The van der Waals surface area contributed by atoms with E-state index in [1.54, 1.807) is 12.1 Å². The second kappa shape index (κ2) is 9.40. The number of hydrogen-bond donors (Lipinski definition) is 0. The molecule has 5 heteroatoms. The summed E-state index contributed by atoms with van der Waals surface area (Å²) in [7, 11) is 0. The number of alkyl halides is 3. The van der Waals surface area contributed by atoms with E-state index in [0.29, 0.717) is 11.3 Å². The highest BCUT2D eigenvalue weighted by Crippen LogP contribution is 2.43. The third-order valence-corrected chi connectivity index (χ3v) is 7.38. The predicted octanol–water partition coefficient (Wildman–Crippen LogP) is 7.75. The molecule has 0 radical (unpaired) electrons. The van der Waals surface area contributed by atoms with Crippen LogP contribution in [0, 0.1) is 5.92 Å². The Kier molecular flexibility index (Phi) is 6.80. The lowest BCUT2D eigenvalue weighted by Crippen LogP contribution is -2.32. The summed E-state index contributed by atoms with van der Waals surface area (Å²) in [6, 6.07) is 8.96. The number of nitrogens with zero attached hydrogens (tertiary/aromatic N) is 1. The topological polar surface area (TPSA) is 12.5 Å². The van der Waals surface area contributed by atoms with E-state index < -0.39 is 11.7 Å². The highest BCUT2D eigenvalue weighted by Gasteiger charge is 2.37. The molecule has 1 heterocycles. The Morgan fingerprint density at radius 3 is 2.32 bits per heavy atom. The van der Waals surface area contributed by atoms with Gasteiger partial charge in [0.1, 0.15) is 11.3 Å². The first-order chi connectivity index (χ1) is 14.9. The van der Waals surface area contributed by atoms with Gasteiger partial charge in [-0.2, -0.15) is 13.2 Å². The van der Waals surface area contributed by atoms with Gasteiger partial charge in [0.05, 0.1) is 6.10 Å². The maximum absolute atomic E-state index is 14.2. The lowest BCUT2D eigenvalue weighted by atomic mass is 9.86. The Balaban J connectivity index is 1.66. The SMILES string of the molecule is CCC1CCC(Oc2ccc3ccc([C@@H](C)N4CCCCC4)cc3c2C(F)(F)F)CC1. The number of fused-ring (bicyclic) bond motifs is 1. The molecule has 0 aromatic heterocycles.